The predicted octanol–water partition coefficient (Wildman–Crippen LogP) is 1.01. The van der Waals surface area contributed by atoms with E-state index in [0.29, 0.717) is 10.7 Å². The van der Waals surface area contributed by atoms with Crippen LogP contribution in [0.4, 0.5) is 5.69 Å². The molecule has 0 fully saturated rings. The van der Waals surface area contributed by atoms with Crippen molar-refractivity contribution in [3.05, 3.63) is 35.9 Å². The summed E-state index contributed by atoms with van der Waals surface area (Å²) in [7, 11) is -0.0177. The van der Waals surface area contributed by atoms with E-state index in [1.807, 2.05) is 13.1 Å². The number of anilines is 1. The van der Waals surface area contributed by atoms with Crippen molar-refractivity contribution < 1.29 is 8.42 Å². The van der Waals surface area contributed by atoms with Gasteiger partial charge in [0, 0.05) is 26.3 Å². The molecule has 2 heterocycles. The number of hydrogen-bond donors (Lipinski definition) is 1. The van der Waals surface area contributed by atoms with Gasteiger partial charge in [-0.05, 0) is 30.5 Å². The average Bonchev–Trinajstić information content (AvgIpc) is 3.00. The van der Waals surface area contributed by atoms with Crippen LogP contribution in [0.2, 0.25) is 0 Å². The van der Waals surface area contributed by atoms with Gasteiger partial charge in [-0.2, -0.15) is 9.40 Å². The van der Waals surface area contributed by atoms with Crippen LogP contribution in [0, 0.1) is 0 Å². The quantitative estimate of drug-likeness (QED) is 0.909. The van der Waals surface area contributed by atoms with Crippen molar-refractivity contribution in [2.75, 3.05) is 25.5 Å². The molecule has 1 aliphatic heterocycles. The number of nitrogens with one attached hydrogen (secondary N) is 1. The first-order valence-corrected chi connectivity index (χ1v) is 8.57. The molecule has 8 heteroatoms. The summed E-state index contributed by atoms with van der Waals surface area (Å²) in [5, 5.41) is 6.41. The number of fused-ring (bicyclic) bond motifs is 1. The fraction of sp³-hybridized carbons (Fsp3) is 0.429. The van der Waals surface area contributed by atoms with E-state index in [-0.39, 0.29) is 6.54 Å². The van der Waals surface area contributed by atoms with E-state index in [1.165, 1.54) is 16.2 Å². The highest BCUT2D eigenvalue weighted by atomic mass is 32.2. The second-order valence-corrected chi connectivity index (χ2v) is 7.55. The molecular formula is C14H19N5O2S. The lowest BCUT2D eigenvalue weighted by atomic mass is 10.0. The number of rotatable bonds is 4. The largest absolute Gasteiger partial charge is 0.374 e. The second-order valence-electron chi connectivity index (χ2n) is 5.51. The number of benzene rings is 1. The Morgan fingerprint density at radius 1 is 1.41 bits per heavy atom. The Hall–Kier alpha value is -1.93. The zero-order chi connectivity index (χ0) is 15.7. The van der Waals surface area contributed by atoms with Crippen LogP contribution in [0.25, 0.3) is 0 Å². The first-order chi connectivity index (χ1) is 10.5. The lowest BCUT2D eigenvalue weighted by molar-refractivity contribution is 0.457. The Bertz CT molecular complexity index is 758. The first-order valence-electron chi connectivity index (χ1n) is 7.13. The van der Waals surface area contributed by atoms with E-state index in [2.05, 4.69) is 20.1 Å². The van der Waals surface area contributed by atoms with Gasteiger partial charge in [-0.15, -0.1) is 0 Å². The summed E-state index contributed by atoms with van der Waals surface area (Å²) in [6, 6.07) is 5.37. The fourth-order valence-corrected chi connectivity index (χ4v) is 3.83. The van der Waals surface area contributed by atoms with E-state index < -0.39 is 10.0 Å². The average molecular weight is 321 g/mol. The van der Waals surface area contributed by atoms with Crippen LogP contribution in [0.1, 0.15) is 17.8 Å². The third-order valence-electron chi connectivity index (χ3n) is 3.95. The SMILES string of the molecule is CN1CCCc2ccc(S(=O)(=O)N(C)Cc3ncn[nH]3)cc21. The van der Waals surface area contributed by atoms with E-state index in [9.17, 15) is 8.42 Å². The fourth-order valence-electron chi connectivity index (χ4n) is 2.68. The number of H-pyrrole nitrogens is 1. The number of aromatic amines is 1. The zero-order valence-corrected chi connectivity index (χ0v) is 13.5. The van der Waals surface area contributed by atoms with Crippen LogP contribution in [-0.4, -0.2) is 48.5 Å². The Balaban J connectivity index is 1.90. The molecular weight excluding hydrogens is 302 g/mol. The summed E-state index contributed by atoms with van der Waals surface area (Å²) in [5.74, 6) is 0.515. The van der Waals surface area contributed by atoms with Gasteiger partial charge in [0.15, 0.2) is 0 Å². The van der Waals surface area contributed by atoms with Crippen molar-refractivity contribution in [1.29, 1.82) is 0 Å². The molecule has 1 aliphatic rings. The molecule has 1 aromatic heterocycles. The van der Waals surface area contributed by atoms with Gasteiger partial charge in [-0.1, -0.05) is 6.07 Å². The highest BCUT2D eigenvalue weighted by molar-refractivity contribution is 7.89. The Morgan fingerprint density at radius 3 is 2.95 bits per heavy atom. The predicted molar refractivity (Wildman–Crippen MR) is 83.1 cm³/mol. The molecule has 2 aromatic rings. The van der Waals surface area contributed by atoms with Crippen LogP contribution < -0.4 is 4.90 Å². The van der Waals surface area contributed by atoms with Crippen molar-refractivity contribution in [1.82, 2.24) is 19.5 Å². The Kier molecular flexibility index (Phi) is 3.88. The molecule has 3 rings (SSSR count). The van der Waals surface area contributed by atoms with E-state index in [1.54, 1.807) is 19.2 Å². The maximum atomic E-state index is 12.7. The van der Waals surface area contributed by atoms with Crippen LogP contribution in [0.15, 0.2) is 29.4 Å². The van der Waals surface area contributed by atoms with Crippen LogP contribution in [-0.2, 0) is 23.0 Å². The standard InChI is InChI=1S/C14H19N5O2S/c1-18-7-3-4-11-5-6-12(8-13(11)18)22(20,21)19(2)9-14-15-10-16-17-14/h5-6,8,10H,3-4,7,9H2,1-2H3,(H,15,16,17). The number of aryl methyl sites for hydroxylation is 1. The lowest BCUT2D eigenvalue weighted by Crippen LogP contribution is -2.28. The monoisotopic (exact) mass is 321 g/mol. The molecule has 0 saturated heterocycles. The number of aromatic nitrogens is 3. The maximum Gasteiger partial charge on any atom is 0.243 e. The van der Waals surface area contributed by atoms with Gasteiger partial charge in [-0.25, -0.2) is 13.4 Å². The van der Waals surface area contributed by atoms with E-state index >= 15 is 0 Å². The lowest BCUT2D eigenvalue weighted by Gasteiger charge is -2.28. The minimum atomic E-state index is -3.55. The number of sulfonamides is 1. The first kappa shape index (κ1) is 15.0. The van der Waals surface area contributed by atoms with Gasteiger partial charge in [0.1, 0.15) is 12.2 Å². The molecule has 0 unspecified atom stereocenters. The molecule has 1 N–H and O–H groups in total. The van der Waals surface area contributed by atoms with Crippen LogP contribution in [0.5, 0.6) is 0 Å². The summed E-state index contributed by atoms with van der Waals surface area (Å²) in [5.41, 5.74) is 2.20. The number of hydrogen-bond acceptors (Lipinski definition) is 5. The van der Waals surface area contributed by atoms with Crippen molar-refractivity contribution >= 4 is 15.7 Å². The van der Waals surface area contributed by atoms with Gasteiger partial charge < -0.3 is 4.90 Å². The van der Waals surface area contributed by atoms with Gasteiger partial charge in [0.05, 0.1) is 11.4 Å². The van der Waals surface area contributed by atoms with Crippen molar-refractivity contribution in [3.8, 4) is 0 Å². The molecule has 0 spiro atoms. The van der Waals surface area contributed by atoms with Crippen molar-refractivity contribution in [3.63, 3.8) is 0 Å². The van der Waals surface area contributed by atoms with Crippen molar-refractivity contribution in [2.24, 2.45) is 0 Å². The van der Waals surface area contributed by atoms with Crippen molar-refractivity contribution in [2.45, 2.75) is 24.3 Å². The Morgan fingerprint density at radius 2 is 2.23 bits per heavy atom. The van der Waals surface area contributed by atoms with Gasteiger partial charge >= 0.3 is 0 Å². The molecule has 22 heavy (non-hydrogen) atoms. The van der Waals surface area contributed by atoms with E-state index in [0.717, 1.165) is 25.1 Å². The highest BCUT2D eigenvalue weighted by Crippen LogP contribution is 2.29. The highest BCUT2D eigenvalue weighted by Gasteiger charge is 2.24. The van der Waals surface area contributed by atoms with Gasteiger partial charge in [0.25, 0.3) is 0 Å². The van der Waals surface area contributed by atoms with E-state index in [4.69, 9.17) is 0 Å². The molecule has 1 aromatic carbocycles. The summed E-state index contributed by atoms with van der Waals surface area (Å²) in [6.07, 6.45) is 3.46. The number of nitrogens with zero attached hydrogens (tertiary/aromatic N) is 4. The third-order valence-corrected chi connectivity index (χ3v) is 5.75. The smallest absolute Gasteiger partial charge is 0.243 e. The summed E-state index contributed by atoms with van der Waals surface area (Å²) < 4.78 is 26.7. The van der Waals surface area contributed by atoms with Crippen LogP contribution in [0.3, 0.4) is 0 Å². The molecule has 0 amide bonds. The van der Waals surface area contributed by atoms with Crippen LogP contribution >= 0.6 is 0 Å². The second kappa shape index (κ2) is 5.69. The Labute approximate surface area is 130 Å². The summed E-state index contributed by atoms with van der Waals surface area (Å²) in [4.78, 5) is 6.38. The minimum absolute atomic E-state index is 0.162. The molecule has 0 bridgehead atoms. The molecule has 7 nitrogen and oxygen atoms in total. The third kappa shape index (κ3) is 2.71. The summed E-state index contributed by atoms with van der Waals surface area (Å²) >= 11 is 0. The zero-order valence-electron chi connectivity index (χ0n) is 12.7. The van der Waals surface area contributed by atoms with Gasteiger partial charge in [0.2, 0.25) is 10.0 Å². The summed E-state index contributed by atoms with van der Waals surface area (Å²) in [6.45, 7) is 1.11. The molecule has 0 aliphatic carbocycles. The normalized spacial score (nSPS) is 15.1. The topological polar surface area (TPSA) is 82.2 Å². The molecule has 0 radical (unpaired) electrons. The van der Waals surface area contributed by atoms with Gasteiger partial charge in [-0.3, -0.25) is 5.10 Å². The molecule has 0 saturated carbocycles. The maximum absolute atomic E-state index is 12.7. The molecule has 0 atom stereocenters. The minimum Gasteiger partial charge on any atom is -0.374 e. The molecule has 118 valence electrons.